The second-order valence-corrected chi connectivity index (χ2v) is 11.0. The van der Waals surface area contributed by atoms with Gasteiger partial charge < -0.3 is 25.4 Å². The van der Waals surface area contributed by atoms with E-state index >= 15 is 0 Å². The second kappa shape index (κ2) is 11.8. The molecular formula is C32H36N6O4. The summed E-state index contributed by atoms with van der Waals surface area (Å²) < 4.78 is 7.86. The zero-order chi connectivity index (χ0) is 29.2. The number of ether oxygens (including phenoxy) is 1. The van der Waals surface area contributed by atoms with Crippen molar-refractivity contribution in [2.24, 2.45) is 0 Å². The topological polar surface area (TPSA) is 112 Å². The van der Waals surface area contributed by atoms with Crippen LogP contribution in [0.5, 0.6) is 5.75 Å². The highest BCUT2D eigenvalue weighted by Gasteiger charge is 2.41. The van der Waals surface area contributed by atoms with Crippen LogP contribution in [-0.4, -0.2) is 76.9 Å². The van der Waals surface area contributed by atoms with E-state index in [2.05, 4.69) is 20.5 Å². The van der Waals surface area contributed by atoms with Crippen molar-refractivity contribution in [3.05, 3.63) is 78.6 Å². The first-order valence-electron chi connectivity index (χ1n) is 14.4. The molecule has 2 aromatic carbocycles. The number of carbonyl (C=O) groups excluding carboxylic acids is 2. The number of nitrogens with zero attached hydrogens (tertiary/aromatic N) is 4. The Bertz CT molecular complexity index is 1570. The number of hydrogen-bond acceptors (Lipinski definition) is 7. The summed E-state index contributed by atoms with van der Waals surface area (Å²) in [5.74, 6) is 0.957. The standard InChI is InChI=1S/C32H36N6O4/c1-33-32(41)38-14-12-22-17-23(7-10-29(22)38)36(2)24-11-13-34-30(20-24)35-31(40)21-3-8-27(9-4-21)42-28-18-25-5-6-26(19-28)37(25)15-16-39/h3-4,7-14,17,20,25-26,28,39H,5-6,15-16,18-19H2,1-2H3,(H,33,41)(H,34,35,40)/t25-,26?,28?/m0/s1. The predicted molar refractivity (Wildman–Crippen MR) is 163 cm³/mol. The molecule has 3 N–H and O–H groups in total. The highest BCUT2D eigenvalue weighted by molar-refractivity contribution is 6.04. The van der Waals surface area contributed by atoms with Gasteiger partial charge in [0.2, 0.25) is 0 Å². The van der Waals surface area contributed by atoms with Crippen molar-refractivity contribution in [3.63, 3.8) is 0 Å². The van der Waals surface area contributed by atoms with E-state index in [0.29, 0.717) is 23.5 Å². The third-order valence-electron chi connectivity index (χ3n) is 8.48. The van der Waals surface area contributed by atoms with E-state index in [1.54, 1.807) is 36.1 Å². The van der Waals surface area contributed by atoms with Gasteiger partial charge in [0.05, 0.1) is 12.1 Å². The molecule has 2 unspecified atom stereocenters. The molecule has 2 aromatic heterocycles. The molecule has 2 amide bonds. The highest BCUT2D eigenvalue weighted by atomic mass is 16.5. The molecule has 0 saturated carbocycles. The quantitative estimate of drug-likeness (QED) is 0.285. The summed E-state index contributed by atoms with van der Waals surface area (Å²) in [6.45, 7) is 0.941. The van der Waals surface area contributed by atoms with Crippen LogP contribution in [0.1, 0.15) is 36.0 Å². The van der Waals surface area contributed by atoms with Crippen molar-refractivity contribution in [1.29, 1.82) is 0 Å². The van der Waals surface area contributed by atoms with E-state index in [1.807, 2.05) is 60.5 Å². The number of hydrogen-bond donors (Lipinski definition) is 3. The molecular weight excluding hydrogens is 532 g/mol. The third kappa shape index (κ3) is 5.55. The van der Waals surface area contributed by atoms with Crippen molar-refractivity contribution in [1.82, 2.24) is 19.8 Å². The molecule has 10 heteroatoms. The van der Waals surface area contributed by atoms with Crippen LogP contribution in [-0.2, 0) is 0 Å². The molecule has 2 aliphatic rings. The summed E-state index contributed by atoms with van der Waals surface area (Å²) in [6, 6.07) is 19.5. The van der Waals surface area contributed by atoms with E-state index in [-0.39, 0.29) is 24.6 Å². The van der Waals surface area contributed by atoms with E-state index in [4.69, 9.17) is 4.74 Å². The van der Waals surface area contributed by atoms with Gasteiger partial charge in [0, 0.05) is 73.5 Å². The van der Waals surface area contributed by atoms with Gasteiger partial charge in [-0.2, -0.15) is 0 Å². The zero-order valence-electron chi connectivity index (χ0n) is 23.9. The van der Waals surface area contributed by atoms with E-state index in [0.717, 1.165) is 60.3 Å². The molecule has 218 valence electrons. The fourth-order valence-electron chi connectivity index (χ4n) is 6.35. The Morgan fingerprint density at radius 3 is 2.48 bits per heavy atom. The Morgan fingerprint density at radius 1 is 1.02 bits per heavy atom. The molecule has 0 aliphatic carbocycles. The van der Waals surface area contributed by atoms with Crippen LogP contribution in [0.2, 0.25) is 0 Å². The maximum Gasteiger partial charge on any atom is 0.325 e. The summed E-state index contributed by atoms with van der Waals surface area (Å²) >= 11 is 0. The fraction of sp³-hybridized carbons (Fsp3) is 0.344. The maximum absolute atomic E-state index is 13.0. The average molecular weight is 569 g/mol. The lowest BCUT2D eigenvalue weighted by Crippen LogP contribution is -2.47. The van der Waals surface area contributed by atoms with Crippen molar-refractivity contribution < 1.29 is 19.4 Å². The lowest BCUT2D eigenvalue weighted by molar-refractivity contribution is 0.0391. The number of carbonyl (C=O) groups is 2. The normalized spacial score (nSPS) is 19.9. The second-order valence-electron chi connectivity index (χ2n) is 11.0. The number of amides is 2. The van der Waals surface area contributed by atoms with Gasteiger partial charge >= 0.3 is 6.03 Å². The molecule has 0 spiro atoms. The van der Waals surface area contributed by atoms with Gasteiger partial charge in [0.15, 0.2) is 0 Å². The van der Waals surface area contributed by atoms with Crippen molar-refractivity contribution >= 4 is 40.0 Å². The molecule has 6 rings (SSSR count). The highest BCUT2D eigenvalue weighted by Crippen LogP contribution is 2.37. The third-order valence-corrected chi connectivity index (χ3v) is 8.48. The molecule has 42 heavy (non-hydrogen) atoms. The number of piperidine rings is 1. The van der Waals surface area contributed by atoms with Gasteiger partial charge in [-0.3, -0.25) is 14.3 Å². The Kier molecular flexibility index (Phi) is 7.82. The minimum atomic E-state index is -0.249. The Morgan fingerprint density at radius 2 is 1.76 bits per heavy atom. The van der Waals surface area contributed by atoms with Gasteiger partial charge in [-0.1, -0.05) is 0 Å². The van der Waals surface area contributed by atoms with Gasteiger partial charge in [-0.15, -0.1) is 0 Å². The van der Waals surface area contributed by atoms with Crippen molar-refractivity contribution in [2.45, 2.75) is 43.9 Å². The van der Waals surface area contributed by atoms with Gasteiger partial charge in [-0.25, -0.2) is 9.78 Å². The van der Waals surface area contributed by atoms with E-state index in [9.17, 15) is 14.7 Å². The first-order valence-corrected chi connectivity index (χ1v) is 14.4. The Labute approximate surface area is 244 Å². The van der Waals surface area contributed by atoms with E-state index < -0.39 is 0 Å². The van der Waals surface area contributed by atoms with Crippen LogP contribution in [0.4, 0.5) is 22.0 Å². The predicted octanol–water partition coefficient (Wildman–Crippen LogP) is 4.61. The number of anilines is 3. The minimum Gasteiger partial charge on any atom is -0.490 e. The van der Waals surface area contributed by atoms with Crippen molar-refractivity contribution in [2.75, 3.05) is 37.5 Å². The number of nitrogens with one attached hydrogen (secondary N) is 2. The lowest BCUT2D eigenvalue weighted by Gasteiger charge is -2.38. The molecule has 2 aliphatic heterocycles. The number of rotatable bonds is 8. The molecule has 2 saturated heterocycles. The number of aliphatic hydroxyl groups excluding tert-OH is 1. The van der Waals surface area contributed by atoms with Crippen LogP contribution in [0.15, 0.2) is 73.1 Å². The first-order chi connectivity index (χ1) is 20.4. The molecule has 4 aromatic rings. The van der Waals surface area contributed by atoms with Gasteiger partial charge in [0.1, 0.15) is 17.7 Å². The smallest absolute Gasteiger partial charge is 0.325 e. The molecule has 3 atom stereocenters. The summed E-state index contributed by atoms with van der Waals surface area (Å²) in [5.41, 5.74) is 3.13. The Balaban J connectivity index is 1.08. The summed E-state index contributed by atoms with van der Waals surface area (Å²) in [5, 5.41) is 15.9. The van der Waals surface area contributed by atoms with Crippen molar-refractivity contribution in [3.8, 4) is 5.75 Å². The number of aromatic nitrogens is 2. The molecule has 10 nitrogen and oxygen atoms in total. The van der Waals surface area contributed by atoms with Crippen LogP contribution < -0.4 is 20.3 Å². The monoisotopic (exact) mass is 568 g/mol. The van der Waals surface area contributed by atoms with Gasteiger partial charge in [-0.05, 0) is 80.3 Å². The van der Waals surface area contributed by atoms with Crippen LogP contribution in [0, 0.1) is 0 Å². The minimum absolute atomic E-state index is 0.150. The number of fused-ring (bicyclic) bond motifs is 3. The molecule has 2 bridgehead atoms. The van der Waals surface area contributed by atoms with Crippen LogP contribution in [0.3, 0.4) is 0 Å². The average Bonchev–Trinajstić information content (AvgIpc) is 3.53. The maximum atomic E-state index is 13.0. The number of benzene rings is 2. The van der Waals surface area contributed by atoms with Gasteiger partial charge in [0.25, 0.3) is 5.91 Å². The molecule has 2 fully saturated rings. The summed E-state index contributed by atoms with van der Waals surface area (Å²) in [4.78, 5) is 33.9. The molecule has 0 radical (unpaired) electrons. The zero-order valence-corrected chi connectivity index (χ0v) is 23.9. The van der Waals surface area contributed by atoms with Crippen LogP contribution in [0.25, 0.3) is 10.9 Å². The van der Waals surface area contributed by atoms with E-state index in [1.165, 1.54) is 0 Å². The fourth-order valence-corrected chi connectivity index (χ4v) is 6.35. The number of aliphatic hydroxyl groups is 1. The first kappa shape index (κ1) is 27.7. The summed E-state index contributed by atoms with van der Waals surface area (Å²) in [7, 11) is 3.55. The summed E-state index contributed by atoms with van der Waals surface area (Å²) in [6.07, 6.45) is 7.82. The number of pyridine rings is 1. The SMILES string of the molecule is CNC(=O)n1ccc2cc(N(C)c3ccnc(NC(=O)c4ccc(OC5CC6CC[C@@H](C5)N6CCO)cc4)c3)ccc21. The van der Waals surface area contributed by atoms with Crippen LogP contribution >= 0.6 is 0 Å². The Hall–Kier alpha value is -4.41. The largest absolute Gasteiger partial charge is 0.490 e. The lowest BCUT2D eigenvalue weighted by atomic mass is 9.99. The molecule has 4 heterocycles.